The standard InChI is InChI=1S/C48H31N3/c1-2-16-32(17-3-1)33-18-4-9-24-39(33)51-42-27-12-7-21-36(42)37-23-14-31-46(48(37)51)50-43-28-13-8-22-38(43)47-44(29-15-30-45(47)50)49-40-25-10-5-19-34(40)35-20-6-11-26-41(35)49/h1-31H/i1D,2D,3D,4D,5D,6D,7D,8D,9D,10D,11D,12D,13D,14D,15D,16D,17D,18D,19D,20D,21D,22D,23D,24D,25D,26D,27D,28D,29D,30D,31D. The molecule has 11 aromatic rings. The van der Waals surface area contributed by atoms with Crippen molar-refractivity contribution in [3.05, 3.63) is 187 Å². The van der Waals surface area contributed by atoms with Crippen molar-refractivity contribution in [2.24, 2.45) is 0 Å². The Morgan fingerprint density at radius 1 is 0.294 bits per heavy atom. The molecule has 0 aliphatic rings. The summed E-state index contributed by atoms with van der Waals surface area (Å²) in [6.45, 7) is 0. The molecule has 0 spiro atoms. The van der Waals surface area contributed by atoms with Gasteiger partial charge in [0.25, 0.3) is 0 Å². The highest BCUT2D eigenvalue weighted by atomic mass is 15.1. The fourth-order valence-electron chi connectivity index (χ4n) is 6.56. The predicted octanol–water partition coefficient (Wildman–Crippen LogP) is 12.6. The second-order valence-electron chi connectivity index (χ2n) is 11.0. The zero-order valence-electron chi connectivity index (χ0n) is 56.3. The van der Waals surface area contributed by atoms with Crippen molar-refractivity contribution in [1.29, 1.82) is 0 Å². The normalized spacial score (nSPS) is 20.4. The summed E-state index contributed by atoms with van der Waals surface area (Å²) in [5, 5.41) is -3.96. The summed E-state index contributed by atoms with van der Waals surface area (Å²) in [5.74, 6) is 0. The second kappa shape index (κ2) is 10.8. The van der Waals surface area contributed by atoms with E-state index in [4.69, 9.17) is 23.3 Å². The first kappa shape index (κ1) is 11.3. The highest BCUT2D eigenvalue weighted by Crippen LogP contribution is 2.43. The first-order chi connectivity index (χ1) is 38.2. The van der Waals surface area contributed by atoms with E-state index < -0.39 is 281 Å². The fourth-order valence-corrected chi connectivity index (χ4v) is 6.56. The van der Waals surface area contributed by atoms with Crippen molar-refractivity contribution < 1.29 is 42.5 Å². The number of rotatable bonds is 4. The Kier molecular flexibility index (Phi) is 2.41. The Bertz CT molecular complexity index is 4830. The van der Waals surface area contributed by atoms with Gasteiger partial charge in [-0.1, -0.05) is 139 Å². The summed E-state index contributed by atoms with van der Waals surface area (Å²) in [6.07, 6.45) is 0. The van der Waals surface area contributed by atoms with Crippen LogP contribution in [0.5, 0.6) is 0 Å². The molecule has 0 radical (unpaired) electrons. The molecule has 0 atom stereocenters. The van der Waals surface area contributed by atoms with Gasteiger partial charge < -0.3 is 13.7 Å². The summed E-state index contributed by atoms with van der Waals surface area (Å²) in [7, 11) is 0. The predicted molar refractivity (Wildman–Crippen MR) is 215 cm³/mol. The number of hydrogen-bond acceptors (Lipinski definition) is 0. The second-order valence-corrected chi connectivity index (χ2v) is 11.0. The highest BCUT2D eigenvalue weighted by Gasteiger charge is 2.23. The van der Waals surface area contributed by atoms with E-state index in [1.165, 1.54) is 0 Å². The third-order valence-corrected chi connectivity index (χ3v) is 8.52. The van der Waals surface area contributed by atoms with Crippen LogP contribution >= 0.6 is 0 Å². The minimum absolute atomic E-state index is 0.542. The topological polar surface area (TPSA) is 14.8 Å². The van der Waals surface area contributed by atoms with Crippen molar-refractivity contribution in [2.45, 2.75) is 0 Å². The Hall–Kier alpha value is -6.84. The molecule has 0 amide bonds. The first-order valence-electron chi connectivity index (χ1n) is 30.5. The van der Waals surface area contributed by atoms with Crippen molar-refractivity contribution in [3.63, 3.8) is 0 Å². The van der Waals surface area contributed by atoms with Gasteiger partial charge in [0.2, 0.25) is 0 Å². The lowest BCUT2D eigenvalue weighted by molar-refractivity contribution is 1.13. The molecule has 3 heterocycles. The Labute approximate surface area is 338 Å². The highest BCUT2D eigenvalue weighted by molar-refractivity contribution is 6.18. The summed E-state index contributed by atoms with van der Waals surface area (Å²) < 4.78 is 285. The van der Waals surface area contributed by atoms with E-state index in [2.05, 4.69) is 0 Å². The van der Waals surface area contributed by atoms with E-state index in [1.54, 1.807) is 0 Å². The Morgan fingerprint density at radius 2 is 0.725 bits per heavy atom. The van der Waals surface area contributed by atoms with E-state index in [0.717, 1.165) is 4.57 Å². The maximum atomic E-state index is 9.89. The molecule has 0 N–H and O–H groups in total. The van der Waals surface area contributed by atoms with Gasteiger partial charge in [-0.25, -0.2) is 0 Å². The molecule has 3 nitrogen and oxygen atoms in total. The van der Waals surface area contributed by atoms with E-state index in [-0.39, 0.29) is 0 Å². The smallest absolute Gasteiger partial charge is 0.0782 e. The lowest BCUT2D eigenvalue weighted by Crippen LogP contribution is -2.02. The summed E-state index contributed by atoms with van der Waals surface area (Å²) in [6, 6.07) is -31.3. The molecule has 0 saturated carbocycles. The number of para-hydroxylation sites is 6. The Morgan fingerprint density at radius 3 is 1.43 bits per heavy atom. The maximum Gasteiger partial charge on any atom is 0.0782 e. The van der Waals surface area contributed by atoms with Crippen molar-refractivity contribution in [3.8, 4) is 28.2 Å². The molecule has 8 aromatic carbocycles. The van der Waals surface area contributed by atoms with E-state index in [0.29, 0.717) is 9.13 Å². The van der Waals surface area contributed by atoms with Crippen LogP contribution in [0.1, 0.15) is 42.5 Å². The molecular formula is C48H31N3. The molecule has 0 bridgehead atoms. The molecule has 3 aromatic heterocycles. The van der Waals surface area contributed by atoms with Crippen molar-refractivity contribution >= 4 is 65.4 Å². The van der Waals surface area contributed by atoms with Crippen LogP contribution in [-0.2, 0) is 0 Å². The van der Waals surface area contributed by atoms with Crippen LogP contribution < -0.4 is 0 Å². The lowest BCUT2D eigenvalue weighted by Gasteiger charge is -2.17. The van der Waals surface area contributed by atoms with Crippen LogP contribution in [0.25, 0.3) is 93.6 Å². The van der Waals surface area contributed by atoms with Gasteiger partial charge >= 0.3 is 0 Å². The van der Waals surface area contributed by atoms with Crippen LogP contribution in [0.4, 0.5) is 0 Å². The van der Waals surface area contributed by atoms with Gasteiger partial charge in [0.1, 0.15) is 0 Å². The third-order valence-electron chi connectivity index (χ3n) is 8.52. The van der Waals surface area contributed by atoms with Crippen LogP contribution in [0.15, 0.2) is 187 Å². The summed E-state index contributed by atoms with van der Waals surface area (Å²) >= 11 is 0. The number of fused-ring (bicyclic) bond motifs is 9. The van der Waals surface area contributed by atoms with Gasteiger partial charge in [-0.05, 0) is 53.9 Å². The van der Waals surface area contributed by atoms with E-state index >= 15 is 0 Å². The van der Waals surface area contributed by atoms with Crippen LogP contribution in [0.3, 0.4) is 0 Å². The zero-order chi connectivity index (χ0) is 60.4. The van der Waals surface area contributed by atoms with E-state index in [9.17, 15) is 19.2 Å². The lowest BCUT2D eigenvalue weighted by atomic mass is 10.0. The molecule has 0 aliphatic heterocycles. The zero-order valence-corrected chi connectivity index (χ0v) is 25.3. The summed E-state index contributed by atoms with van der Waals surface area (Å²) in [5.41, 5.74) is -9.14. The molecule has 3 heteroatoms. The SMILES string of the molecule is [2H]c1c([2H])c([2H])c(-c2c([2H])c([2H])c([2H])c([2H])c2-n2c3c([2H])c([2H])c([2H])c([2H])c3c3c([2H])c([2H])c([2H])c(-n4c5c([2H])c([2H])c([2H])c([2H])c5c5c(-n6c7c([2H])c([2H])c([2H])c([2H])c7c7c([2H])c([2H])c([2H])c([2H])c76)c([2H])c([2H])c([2H])c54)c32)c([2H])c1[2H]. The van der Waals surface area contributed by atoms with Gasteiger partial charge in [0.15, 0.2) is 0 Å². The van der Waals surface area contributed by atoms with Crippen LogP contribution in [0, 0.1) is 0 Å². The minimum Gasteiger partial charge on any atom is -0.309 e. The van der Waals surface area contributed by atoms with Gasteiger partial charge in [-0.2, -0.15) is 0 Å². The van der Waals surface area contributed by atoms with Gasteiger partial charge in [0.05, 0.1) is 92.7 Å². The average molecular weight is 681 g/mol. The van der Waals surface area contributed by atoms with E-state index in [1.807, 2.05) is 0 Å². The molecule has 0 saturated heterocycles. The van der Waals surface area contributed by atoms with Crippen LogP contribution in [0.2, 0.25) is 0 Å². The Balaban J connectivity index is 1.53. The molecule has 0 aliphatic carbocycles. The maximum absolute atomic E-state index is 9.89. The van der Waals surface area contributed by atoms with Crippen molar-refractivity contribution in [2.75, 3.05) is 0 Å². The van der Waals surface area contributed by atoms with Crippen molar-refractivity contribution in [1.82, 2.24) is 13.7 Å². The largest absolute Gasteiger partial charge is 0.309 e. The minimum atomic E-state index is -1.16. The number of nitrogens with zero attached hydrogens (tertiary/aromatic N) is 3. The summed E-state index contributed by atoms with van der Waals surface area (Å²) in [4.78, 5) is 0. The van der Waals surface area contributed by atoms with Gasteiger partial charge in [0, 0.05) is 37.9 Å². The molecule has 0 unspecified atom stereocenters. The molecule has 0 fully saturated rings. The number of hydrogen-bond donors (Lipinski definition) is 0. The van der Waals surface area contributed by atoms with Gasteiger partial charge in [-0.15, -0.1) is 0 Å². The third kappa shape index (κ3) is 3.94. The molecule has 11 rings (SSSR count). The molecular weight excluding hydrogens is 619 g/mol. The first-order valence-corrected chi connectivity index (χ1v) is 15.0. The quantitative estimate of drug-likeness (QED) is 0.176. The average Bonchev–Trinajstić information content (AvgIpc) is 1.58. The van der Waals surface area contributed by atoms with Crippen LogP contribution in [-0.4, -0.2) is 13.7 Å². The number of benzene rings is 8. The number of aromatic nitrogens is 3. The van der Waals surface area contributed by atoms with Gasteiger partial charge in [-0.3, -0.25) is 0 Å². The molecule has 51 heavy (non-hydrogen) atoms. The monoisotopic (exact) mass is 680 g/mol. The molecule has 238 valence electrons. The fraction of sp³-hybridized carbons (Fsp3) is 0.